The molecule has 0 saturated carbocycles. The number of hydrogen-bond acceptors (Lipinski definition) is 0. The Labute approximate surface area is 91.0 Å². The molecule has 0 saturated heterocycles. The minimum Gasteiger partial charge on any atom is -0.668 e. The summed E-state index contributed by atoms with van der Waals surface area (Å²) in [5.41, 5.74) is 0. The molecule has 0 aliphatic rings. The maximum Gasteiger partial charge on any atom is 3.00 e. The second-order valence-corrected chi connectivity index (χ2v) is 1.86. The van der Waals surface area contributed by atoms with E-state index < -0.39 is 0 Å². The molecule has 0 unspecified atom stereocenters. The second-order valence-electron chi connectivity index (χ2n) is 1.86. The number of rotatable bonds is 0. The molecule has 2 nitrogen and oxygen atoms in total. The molecule has 0 N–H and O–H groups in total. The van der Waals surface area contributed by atoms with Crippen LogP contribution in [-0.2, 0) is 21.7 Å². The maximum absolute atomic E-state index is 3.50. The van der Waals surface area contributed by atoms with Gasteiger partial charge in [-0.2, -0.15) is 46.4 Å². The predicted molar refractivity (Wildman–Crippen MR) is 52.4 cm³/mol. The van der Waals surface area contributed by atoms with Crippen LogP contribution in [-0.4, -0.2) is 28.2 Å². The van der Waals surface area contributed by atoms with Crippen LogP contribution in [0.4, 0.5) is 0 Å². The van der Waals surface area contributed by atoms with E-state index >= 15 is 0 Å². The summed E-state index contributed by atoms with van der Waals surface area (Å²) in [7, 11) is 7.00. The van der Waals surface area contributed by atoms with E-state index in [1.54, 1.807) is 28.2 Å². The summed E-state index contributed by atoms with van der Waals surface area (Å²) in [5, 5.41) is 7.00. The van der Waals surface area contributed by atoms with E-state index in [2.05, 4.69) is 10.6 Å². The Balaban J connectivity index is -0.000000104. The van der Waals surface area contributed by atoms with Gasteiger partial charge in [-0.3, -0.25) is 0 Å². The Hall–Kier alpha value is -0.0157. The molecule has 0 spiro atoms. The zero-order valence-electron chi connectivity index (χ0n) is 8.28. The first-order valence-electron chi connectivity index (χ1n) is 3.46. The molecule has 0 atom stereocenters. The van der Waals surface area contributed by atoms with E-state index in [-0.39, 0.29) is 21.7 Å². The van der Waals surface area contributed by atoms with Crippen LogP contribution in [0.25, 0.3) is 10.6 Å². The molecular weight excluding hydrogens is 184 g/mol. The van der Waals surface area contributed by atoms with Crippen LogP contribution in [0.15, 0.2) is 30.3 Å². The fraction of sp³-hybridized carbons (Fsp3) is 0.444. The van der Waals surface area contributed by atoms with Crippen LogP contribution >= 0.6 is 0 Å². The van der Waals surface area contributed by atoms with Crippen LogP contribution in [0.1, 0.15) is 0 Å². The van der Waals surface area contributed by atoms with Crippen molar-refractivity contribution in [1.82, 2.24) is 0 Å². The molecule has 0 heterocycles. The fourth-order valence-electron chi connectivity index (χ4n) is 0.321. The summed E-state index contributed by atoms with van der Waals surface area (Å²) in [6, 6.07) is 10.0. The van der Waals surface area contributed by atoms with E-state index in [0.29, 0.717) is 0 Å². The normalized spacial score (nSPS) is 6.33. The van der Waals surface area contributed by atoms with Gasteiger partial charge in [0.1, 0.15) is 0 Å². The topological polar surface area (TPSA) is 28.2 Å². The first kappa shape index (κ1) is 17.9. The molecule has 0 bridgehead atoms. The van der Waals surface area contributed by atoms with E-state index in [9.17, 15) is 0 Å². The Bertz CT molecular complexity index is 88.1. The summed E-state index contributed by atoms with van der Waals surface area (Å²) < 4.78 is 0. The van der Waals surface area contributed by atoms with E-state index in [4.69, 9.17) is 0 Å². The van der Waals surface area contributed by atoms with Crippen molar-refractivity contribution in [1.29, 1.82) is 0 Å². The Morgan fingerprint density at radius 3 is 1.17 bits per heavy atom. The largest absolute Gasteiger partial charge is 3.00 e. The standard InChI is InChI=1S/C5H5.2C2H6N.Ti/c1-2-4-5-3-1;2*1-3-2;/h1-5H;2*1-2H3;/q3*-1;+3. The number of hydrogen-bond donors (Lipinski definition) is 0. The average molecular weight is 201 g/mol. The zero-order valence-corrected chi connectivity index (χ0v) is 9.84. The summed E-state index contributed by atoms with van der Waals surface area (Å²) >= 11 is 0. The molecule has 3 heteroatoms. The minimum absolute atomic E-state index is 0. The van der Waals surface area contributed by atoms with Gasteiger partial charge in [-0.05, 0) is 0 Å². The first-order chi connectivity index (χ1) is 5.33. The molecule has 0 aromatic heterocycles. The van der Waals surface area contributed by atoms with Crippen LogP contribution in [0.5, 0.6) is 0 Å². The van der Waals surface area contributed by atoms with Gasteiger partial charge in [0.25, 0.3) is 0 Å². The summed E-state index contributed by atoms with van der Waals surface area (Å²) in [6.45, 7) is 0. The van der Waals surface area contributed by atoms with Gasteiger partial charge < -0.3 is 10.6 Å². The molecule has 12 heavy (non-hydrogen) atoms. The molecule has 0 aliphatic heterocycles. The van der Waals surface area contributed by atoms with E-state index in [1.165, 1.54) is 0 Å². The molecule has 1 rings (SSSR count). The third-order valence-corrected chi connectivity index (χ3v) is 0.556. The third-order valence-electron chi connectivity index (χ3n) is 0.556. The van der Waals surface area contributed by atoms with Gasteiger partial charge >= 0.3 is 21.7 Å². The van der Waals surface area contributed by atoms with Crippen LogP contribution in [0.3, 0.4) is 0 Å². The van der Waals surface area contributed by atoms with Crippen molar-refractivity contribution in [2.24, 2.45) is 0 Å². The van der Waals surface area contributed by atoms with E-state index in [0.717, 1.165) is 0 Å². The van der Waals surface area contributed by atoms with Crippen molar-refractivity contribution in [2.45, 2.75) is 0 Å². The van der Waals surface area contributed by atoms with Gasteiger partial charge in [0.2, 0.25) is 0 Å². The monoisotopic (exact) mass is 201 g/mol. The van der Waals surface area contributed by atoms with Gasteiger partial charge in [0.15, 0.2) is 0 Å². The summed E-state index contributed by atoms with van der Waals surface area (Å²) in [4.78, 5) is 0. The van der Waals surface area contributed by atoms with Crippen molar-refractivity contribution in [3.05, 3.63) is 41.0 Å². The van der Waals surface area contributed by atoms with Gasteiger partial charge in [-0.1, -0.05) is 0 Å². The zero-order chi connectivity index (χ0) is 8.95. The van der Waals surface area contributed by atoms with Crippen LogP contribution < -0.4 is 0 Å². The van der Waals surface area contributed by atoms with Gasteiger partial charge in [0.05, 0.1) is 0 Å². The Morgan fingerprint density at radius 2 is 1.08 bits per heavy atom. The van der Waals surface area contributed by atoms with Crippen molar-refractivity contribution >= 4 is 0 Å². The third kappa shape index (κ3) is 32.4. The van der Waals surface area contributed by atoms with Gasteiger partial charge in [-0.25, -0.2) is 12.1 Å². The van der Waals surface area contributed by atoms with E-state index in [1.807, 2.05) is 30.3 Å². The van der Waals surface area contributed by atoms with Crippen molar-refractivity contribution in [2.75, 3.05) is 28.2 Å². The molecule has 0 aliphatic carbocycles. The quantitative estimate of drug-likeness (QED) is 0.456. The maximum atomic E-state index is 3.50. The molecule has 1 aromatic carbocycles. The molecule has 1 radical (unpaired) electrons. The molecule has 0 fully saturated rings. The van der Waals surface area contributed by atoms with Crippen LogP contribution in [0, 0.1) is 0 Å². The molecular formula is C9H17N2Ti. The minimum atomic E-state index is 0. The summed E-state index contributed by atoms with van der Waals surface area (Å²) in [6.07, 6.45) is 0. The molecule has 0 amide bonds. The van der Waals surface area contributed by atoms with Crippen LogP contribution in [0.2, 0.25) is 0 Å². The van der Waals surface area contributed by atoms with Gasteiger partial charge in [-0.15, -0.1) is 0 Å². The average Bonchev–Trinajstić information content (AvgIpc) is 2.44. The van der Waals surface area contributed by atoms with Crippen molar-refractivity contribution < 1.29 is 21.7 Å². The second kappa shape index (κ2) is 22.4. The van der Waals surface area contributed by atoms with Crippen molar-refractivity contribution in [3.63, 3.8) is 0 Å². The summed E-state index contributed by atoms with van der Waals surface area (Å²) in [5.74, 6) is 0. The fourth-order valence-corrected chi connectivity index (χ4v) is 0.321. The SMILES string of the molecule is C[N-]C.C[N-]C.[Ti+3].c1cc[cH-]c1. The Kier molecular flexibility index (Phi) is 33.5. The first-order valence-corrected chi connectivity index (χ1v) is 3.46. The molecule has 67 valence electrons. The molecule has 1 aromatic rings. The smallest absolute Gasteiger partial charge is 0.668 e. The predicted octanol–water partition coefficient (Wildman–Crippen LogP) is 2.64. The van der Waals surface area contributed by atoms with Gasteiger partial charge in [0, 0.05) is 0 Å². The van der Waals surface area contributed by atoms with Crippen molar-refractivity contribution in [3.8, 4) is 0 Å². The Morgan fingerprint density at radius 1 is 0.833 bits per heavy atom. The number of nitrogens with zero attached hydrogens (tertiary/aromatic N) is 2.